The molecule has 0 bridgehead atoms. The molecule has 6 heteroatoms. The molecular formula is C78H56BN3Si2. The van der Waals surface area contributed by atoms with E-state index in [4.69, 9.17) is 0 Å². The highest BCUT2D eigenvalue weighted by Crippen LogP contribution is 2.46. The van der Waals surface area contributed by atoms with Crippen molar-refractivity contribution in [2.75, 3.05) is 9.80 Å². The highest BCUT2D eigenvalue weighted by molar-refractivity contribution is 7.21. The first kappa shape index (κ1) is 49.6. The van der Waals surface area contributed by atoms with E-state index < -0.39 is 16.1 Å². The highest BCUT2D eigenvalue weighted by Gasteiger charge is 2.50. The van der Waals surface area contributed by atoms with E-state index in [1.54, 1.807) is 0 Å². The molecule has 1 aromatic heterocycles. The van der Waals surface area contributed by atoms with Crippen LogP contribution in [0.15, 0.2) is 340 Å². The number of anilines is 6. The lowest BCUT2D eigenvalue weighted by Gasteiger charge is -2.47. The van der Waals surface area contributed by atoms with Crippen LogP contribution in [0.25, 0.3) is 27.5 Å². The van der Waals surface area contributed by atoms with Crippen molar-refractivity contribution in [3.8, 4) is 5.69 Å². The number of hydrogen-bond acceptors (Lipinski definition) is 2. The Bertz CT molecular complexity index is 4490. The van der Waals surface area contributed by atoms with Gasteiger partial charge in [-0.05, 0) is 112 Å². The number of rotatable bonds is 11. The summed E-state index contributed by atoms with van der Waals surface area (Å²) in [6, 6.07) is 128. The number of fused-ring (bicyclic) bond motifs is 7. The summed E-state index contributed by atoms with van der Waals surface area (Å²) >= 11 is 0. The average molecular weight is 1100 g/mol. The molecule has 0 radical (unpaired) electrons. The molecule has 0 aliphatic carbocycles. The molecule has 84 heavy (non-hydrogen) atoms. The average Bonchev–Trinajstić information content (AvgIpc) is 0.788. The standard InChI is InChI=1S/C78H56BN3Si2/c1-8-30-57(31-9-1)82-75-56-59(81-71-50-25-22-46-67(71)68-47-23-26-51-72(68)81)55-74-77(75)79(70-49-29-53-76(78(70)82)84(63-39-16-5-17-40-63,64-41-18-6-19-42-64)65-43-20-7-21-44-65)69-48-24-27-52-73(69)80(74)58-32-28-45-66(54-58)83(60-33-10-2-11-34-60,61-35-12-3-13-36-61)62-37-14-4-15-38-62/h1-56H. The van der Waals surface area contributed by atoms with Crippen LogP contribution in [0.3, 0.4) is 0 Å². The number of aromatic nitrogens is 1. The molecule has 0 N–H and O–H groups in total. The van der Waals surface area contributed by atoms with E-state index >= 15 is 0 Å². The van der Waals surface area contributed by atoms with Gasteiger partial charge in [-0.15, -0.1) is 0 Å². The van der Waals surface area contributed by atoms with Crippen molar-refractivity contribution in [2.24, 2.45) is 0 Å². The second kappa shape index (κ2) is 20.3. The quantitative estimate of drug-likeness (QED) is 0.0945. The molecule has 0 saturated carbocycles. The van der Waals surface area contributed by atoms with Crippen LogP contribution in [-0.4, -0.2) is 27.4 Å². The number of benzene rings is 13. The lowest BCUT2D eigenvalue weighted by atomic mass is 9.33. The summed E-state index contributed by atoms with van der Waals surface area (Å²) in [7, 11) is -6.13. The second-order valence-corrected chi connectivity index (χ2v) is 29.8. The maximum atomic E-state index is 2.66. The summed E-state index contributed by atoms with van der Waals surface area (Å²) < 4.78 is 2.52. The molecular weight excluding hydrogens is 1050 g/mol. The normalized spacial score (nSPS) is 12.7. The maximum Gasteiger partial charge on any atom is 0.252 e. The minimum Gasteiger partial charge on any atom is -0.311 e. The fourth-order valence-corrected chi connectivity index (χ4v) is 24.5. The molecule has 0 atom stereocenters. The van der Waals surface area contributed by atoms with E-state index in [2.05, 4.69) is 354 Å². The number of hydrogen-bond donors (Lipinski definition) is 0. The van der Waals surface area contributed by atoms with Crippen LogP contribution in [0.1, 0.15) is 0 Å². The van der Waals surface area contributed by atoms with Gasteiger partial charge in [0.1, 0.15) is 0 Å². The van der Waals surface area contributed by atoms with Gasteiger partial charge >= 0.3 is 0 Å². The Kier molecular flexibility index (Phi) is 12.0. The second-order valence-electron chi connectivity index (χ2n) is 22.3. The summed E-state index contributed by atoms with van der Waals surface area (Å²) in [5.74, 6) is 0. The lowest BCUT2D eigenvalue weighted by Crippen LogP contribution is -2.76. The van der Waals surface area contributed by atoms with Gasteiger partial charge in [0.25, 0.3) is 6.71 Å². The van der Waals surface area contributed by atoms with Crippen molar-refractivity contribution < 1.29 is 0 Å². The first-order chi connectivity index (χ1) is 41.7. The van der Waals surface area contributed by atoms with Crippen molar-refractivity contribution in [1.82, 2.24) is 4.57 Å². The van der Waals surface area contributed by atoms with Crippen LogP contribution >= 0.6 is 0 Å². The van der Waals surface area contributed by atoms with Crippen molar-refractivity contribution in [2.45, 2.75) is 0 Å². The van der Waals surface area contributed by atoms with Gasteiger partial charge in [-0.25, -0.2) is 0 Å². The third-order valence-electron chi connectivity index (χ3n) is 18.0. The Hall–Kier alpha value is -10.2. The summed E-state index contributed by atoms with van der Waals surface area (Å²) in [5.41, 5.74) is 14.2. The summed E-state index contributed by atoms with van der Waals surface area (Å²) in [6.07, 6.45) is 0. The smallest absolute Gasteiger partial charge is 0.252 e. The zero-order valence-electron chi connectivity index (χ0n) is 46.3. The fourth-order valence-electron chi connectivity index (χ4n) is 14.7. The van der Waals surface area contributed by atoms with Gasteiger partial charge in [0, 0.05) is 44.9 Å². The van der Waals surface area contributed by atoms with Crippen LogP contribution < -0.4 is 67.7 Å². The van der Waals surface area contributed by atoms with E-state index in [9.17, 15) is 0 Å². The third kappa shape index (κ3) is 7.51. The Morgan fingerprint density at radius 2 is 0.631 bits per heavy atom. The minimum absolute atomic E-state index is 0.131. The van der Waals surface area contributed by atoms with Gasteiger partial charge in [0.2, 0.25) is 0 Å². The first-order valence-corrected chi connectivity index (χ1v) is 33.2. The van der Waals surface area contributed by atoms with E-state index in [1.165, 1.54) is 91.1 Å². The van der Waals surface area contributed by atoms with Crippen molar-refractivity contribution in [1.29, 1.82) is 0 Å². The maximum absolute atomic E-state index is 3.17. The van der Waals surface area contributed by atoms with Gasteiger partial charge in [-0.3, -0.25) is 0 Å². The fraction of sp³-hybridized carbons (Fsp3) is 0. The van der Waals surface area contributed by atoms with Crippen LogP contribution in [0.2, 0.25) is 0 Å². The minimum atomic E-state index is -3.17. The summed E-state index contributed by atoms with van der Waals surface area (Å²) in [4.78, 5) is 5.27. The predicted octanol–water partition coefficient (Wildman–Crippen LogP) is 11.6. The molecule has 2 aliphatic rings. The molecule has 3 heterocycles. The van der Waals surface area contributed by atoms with Crippen LogP contribution in [0.5, 0.6) is 0 Å². The van der Waals surface area contributed by atoms with Gasteiger partial charge in [0.05, 0.1) is 16.7 Å². The molecule has 394 valence electrons. The lowest BCUT2D eigenvalue weighted by molar-refractivity contribution is 1.16. The van der Waals surface area contributed by atoms with Crippen LogP contribution in [-0.2, 0) is 0 Å². The SMILES string of the molecule is c1ccc(N2c3cc(-n4c5ccccc5c5ccccc54)cc4c3B(c3ccccc3N4c3cccc([Si](c4ccccc4)(c4ccccc4)c4ccccc4)c3)c3cccc([Si](c4ccccc4)(c4ccccc4)c4ccccc4)c32)cc1. The van der Waals surface area contributed by atoms with E-state index in [0.29, 0.717) is 0 Å². The molecule has 0 spiro atoms. The highest BCUT2D eigenvalue weighted by atomic mass is 28.3. The zero-order chi connectivity index (χ0) is 55.6. The molecule has 0 unspecified atom stereocenters. The predicted molar refractivity (Wildman–Crippen MR) is 362 cm³/mol. The topological polar surface area (TPSA) is 11.4 Å². The number of nitrogens with zero attached hydrogens (tertiary/aromatic N) is 3. The number of para-hydroxylation sites is 5. The first-order valence-electron chi connectivity index (χ1n) is 29.2. The largest absolute Gasteiger partial charge is 0.311 e. The summed E-state index contributed by atoms with van der Waals surface area (Å²) in [5, 5.41) is 13.2. The molecule has 16 rings (SSSR count). The molecule has 14 aromatic rings. The molecule has 0 saturated heterocycles. The van der Waals surface area contributed by atoms with Crippen LogP contribution in [0, 0.1) is 0 Å². The van der Waals surface area contributed by atoms with Gasteiger partial charge in [-0.1, -0.05) is 285 Å². The Morgan fingerprint density at radius 1 is 0.250 bits per heavy atom. The molecule has 0 amide bonds. The van der Waals surface area contributed by atoms with Gasteiger partial charge in [0.15, 0.2) is 16.1 Å². The third-order valence-corrected chi connectivity index (χ3v) is 27.6. The van der Waals surface area contributed by atoms with Crippen LogP contribution in [0.4, 0.5) is 34.1 Å². The monoisotopic (exact) mass is 1100 g/mol. The van der Waals surface area contributed by atoms with E-state index in [1.807, 2.05) is 0 Å². The molecule has 2 aliphatic heterocycles. The Balaban J connectivity index is 1.05. The molecule has 0 fully saturated rings. The zero-order valence-corrected chi connectivity index (χ0v) is 48.3. The van der Waals surface area contributed by atoms with E-state index in [-0.39, 0.29) is 6.71 Å². The van der Waals surface area contributed by atoms with Crippen molar-refractivity contribution in [3.63, 3.8) is 0 Å². The van der Waals surface area contributed by atoms with Crippen molar-refractivity contribution >= 4 is 137 Å². The molecule has 13 aromatic carbocycles. The Morgan fingerprint density at radius 3 is 1.14 bits per heavy atom. The van der Waals surface area contributed by atoms with E-state index in [0.717, 1.165) is 28.4 Å². The summed E-state index contributed by atoms with van der Waals surface area (Å²) in [6.45, 7) is -0.131. The van der Waals surface area contributed by atoms with Gasteiger partial charge in [-0.2, -0.15) is 0 Å². The van der Waals surface area contributed by atoms with Crippen molar-refractivity contribution in [3.05, 3.63) is 340 Å². The van der Waals surface area contributed by atoms with Gasteiger partial charge < -0.3 is 14.4 Å². The Labute approximate surface area is 493 Å². The molecule has 3 nitrogen and oxygen atoms in total.